The number of carbonyl (C=O) groups is 2. The van der Waals surface area contributed by atoms with Gasteiger partial charge in [-0.15, -0.1) is 0 Å². The van der Waals surface area contributed by atoms with E-state index in [1.54, 1.807) is 30.3 Å². The number of halogens is 2. The van der Waals surface area contributed by atoms with E-state index in [9.17, 15) is 18.4 Å². The van der Waals surface area contributed by atoms with Gasteiger partial charge < -0.3 is 10.2 Å². The summed E-state index contributed by atoms with van der Waals surface area (Å²) >= 11 is 0. The molecule has 0 bridgehead atoms. The smallest absolute Gasteiger partial charge is 0.243 e. The van der Waals surface area contributed by atoms with Crippen LogP contribution in [0.5, 0.6) is 0 Å². The molecule has 0 heterocycles. The van der Waals surface area contributed by atoms with Crippen molar-refractivity contribution in [3.05, 3.63) is 107 Å². The van der Waals surface area contributed by atoms with Gasteiger partial charge in [0.25, 0.3) is 0 Å². The summed E-state index contributed by atoms with van der Waals surface area (Å²) in [7, 11) is 0. The predicted octanol–water partition coefficient (Wildman–Crippen LogP) is 5.06. The zero-order valence-electron chi connectivity index (χ0n) is 19.5. The molecular weight excluding hydrogens is 434 g/mol. The third kappa shape index (κ3) is 6.98. The molecule has 0 aliphatic carbocycles. The average Bonchev–Trinajstić information content (AvgIpc) is 2.84. The van der Waals surface area contributed by atoms with E-state index in [0.717, 1.165) is 12.0 Å². The second kappa shape index (κ2) is 12.1. The molecule has 0 radical (unpaired) electrons. The number of rotatable bonds is 10. The van der Waals surface area contributed by atoms with E-state index in [1.807, 2.05) is 44.2 Å². The lowest BCUT2D eigenvalue weighted by molar-refractivity contribution is -0.141. The van der Waals surface area contributed by atoms with Crippen molar-refractivity contribution >= 4 is 11.8 Å². The zero-order chi connectivity index (χ0) is 24.5. The maximum absolute atomic E-state index is 14.3. The first-order valence-corrected chi connectivity index (χ1v) is 11.5. The standard InChI is InChI=1S/C28H30F2N2O2/c1-3-20(2)31-28(34)26(17-21-9-5-4-6-10-21)32(19-22-13-15-24(29)16-14-22)27(33)18-23-11-7-8-12-25(23)30/h4-16,20,26H,3,17-19H2,1-2H3,(H,31,34)/t20-,26+/m1/s1. The number of hydrogen-bond donors (Lipinski definition) is 1. The van der Waals surface area contributed by atoms with Gasteiger partial charge in [0.1, 0.15) is 17.7 Å². The van der Waals surface area contributed by atoms with Crippen molar-refractivity contribution in [3.8, 4) is 0 Å². The minimum atomic E-state index is -0.819. The van der Waals surface area contributed by atoms with Crippen LogP contribution in [0.2, 0.25) is 0 Å². The molecule has 2 amide bonds. The van der Waals surface area contributed by atoms with Gasteiger partial charge in [-0.1, -0.05) is 67.6 Å². The Morgan fingerprint density at radius 3 is 2.18 bits per heavy atom. The molecule has 0 fully saturated rings. The van der Waals surface area contributed by atoms with E-state index in [2.05, 4.69) is 5.32 Å². The van der Waals surface area contributed by atoms with Crippen molar-refractivity contribution < 1.29 is 18.4 Å². The fourth-order valence-electron chi connectivity index (χ4n) is 3.69. The Kier molecular flexibility index (Phi) is 8.91. The first-order valence-electron chi connectivity index (χ1n) is 11.5. The van der Waals surface area contributed by atoms with Gasteiger partial charge in [0.15, 0.2) is 0 Å². The van der Waals surface area contributed by atoms with Crippen LogP contribution in [0.1, 0.15) is 37.0 Å². The molecular formula is C28H30F2N2O2. The number of nitrogens with zero attached hydrogens (tertiary/aromatic N) is 1. The Morgan fingerprint density at radius 2 is 1.53 bits per heavy atom. The van der Waals surface area contributed by atoms with E-state index in [4.69, 9.17) is 0 Å². The molecule has 3 aromatic carbocycles. The van der Waals surface area contributed by atoms with Crippen LogP contribution in [0.4, 0.5) is 8.78 Å². The molecule has 178 valence electrons. The maximum Gasteiger partial charge on any atom is 0.243 e. The molecule has 2 atom stereocenters. The Bertz CT molecular complexity index is 1090. The summed E-state index contributed by atoms with van der Waals surface area (Å²) in [5, 5.41) is 2.99. The van der Waals surface area contributed by atoms with Gasteiger partial charge in [0, 0.05) is 19.0 Å². The van der Waals surface area contributed by atoms with Crippen molar-refractivity contribution in [1.29, 1.82) is 0 Å². The fraction of sp³-hybridized carbons (Fsp3) is 0.286. The summed E-state index contributed by atoms with van der Waals surface area (Å²) in [6.07, 6.45) is 0.855. The van der Waals surface area contributed by atoms with Gasteiger partial charge in [0.2, 0.25) is 11.8 Å². The summed E-state index contributed by atoms with van der Waals surface area (Å²) in [5.74, 6) is -1.51. The Balaban J connectivity index is 1.97. The second-order valence-corrected chi connectivity index (χ2v) is 8.44. The maximum atomic E-state index is 14.3. The molecule has 4 nitrogen and oxygen atoms in total. The molecule has 1 N–H and O–H groups in total. The van der Waals surface area contributed by atoms with Crippen LogP contribution >= 0.6 is 0 Å². The second-order valence-electron chi connectivity index (χ2n) is 8.44. The minimum Gasteiger partial charge on any atom is -0.352 e. The number of amides is 2. The van der Waals surface area contributed by atoms with Crippen LogP contribution in [-0.4, -0.2) is 28.8 Å². The third-order valence-corrected chi connectivity index (χ3v) is 5.84. The highest BCUT2D eigenvalue weighted by atomic mass is 19.1. The average molecular weight is 465 g/mol. The van der Waals surface area contributed by atoms with E-state index < -0.39 is 11.9 Å². The number of hydrogen-bond acceptors (Lipinski definition) is 2. The van der Waals surface area contributed by atoms with Crippen molar-refractivity contribution in [2.24, 2.45) is 0 Å². The number of benzene rings is 3. The Labute approximate surface area is 199 Å². The van der Waals surface area contributed by atoms with Crippen LogP contribution in [0.15, 0.2) is 78.9 Å². The van der Waals surface area contributed by atoms with Crippen LogP contribution < -0.4 is 5.32 Å². The molecule has 3 rings (SSSR count). The largest absolute Gasteiger partial charge is 0.352 e. The number of carbonyl (C=O) groups excluding carboxylic acids is 2. The zero-order valence-corrected chi connectivity index (χ0v) is 19.5. The molecule has 0 aromatic heterocycles. The lowest BCUT2D eigenvalue weighted by Crippen LogP contribution is -2.52. The third-order valence-electron chi connectivity index (χ3n) is 5.84. The lowest BCUT2D eigenvalue weighted by Gasteiger charge is -2.32. The van der Waals surface area contributed by atoms with Crippen LogP contribution in [0, 0.1) is 11.6 Å². The van der Waals surface area contributed by atoms with Crippen molar-refractivity contribution in [3.63, 3.8) is 0 Å². The van der Waals surface area contributed by atoms with Crippen LogP contribution in [-0.2, 0) is 29.0 Å². The summed E-state index contributed by atoms with van der Waals surface area (Å²) in [6.45, 7) is 3.97. The molecule has 0 saturated heterocycles. The van der Waals surface area contributed by atoms with E-state index in [1.165, 1.54) is 23.1 Å². The highest BCUT2D eigenvalue weighted by molar-refractivity contribution is 5.89. The van der Waals surface area contributed by atoms with Crippen LogP contribution in [0.25, 0.3) is 0 Å². The summed E-state index contributed by atoms with van der Waals surface area (Å²) in [5.41, 5.74) is 1.84. The van der Waals surface area contributed by atoms with Crippen molar-refractivity contribution in [1.82, 2.24) is 10.2 Å². The van der Waals surface area contributed by atoms with Gasteiger partial charge >= 0.3 is 0 Å². The van der Waals surface area contributed by atoms with Gasteiger partial charge in [-0.3, -0.25) is 9.59 Å². The summed E-state index contributed by atoms with van der Waals surface area (Å²) in [4.78, 5) is 28.4. The number of nitrogens with one attached hydrogen (secondary N) is 1. The molecule has 3 aromatic rings. The first-order chi connectivity index (χ1) is 16.4. The molecule has 0 aliphatic heterocycles. The van der Waals surface area contributed by atoms with Gasteiger partial charge in [-0.25, -0.2) is 8.78 Å². The van der Waals surface area contributed by atoms with E-state index in [-0.39, 0.29) is 42.2 Å². The van der Waals surface area contributed by atoms with E-state index >= 15 is 0 Å². The first kappa shape index (κ1) is 25.1. The molecule has 0 unspecified atom stereocenters. The molecule has 6 heteroatoms. The molecule has 34 heavy (non-hydrogen) atoms. The van der Waals surface area contributed by atoms with Gasteiger partial charge in [-0.2, -0.15) is 0 Å². The van der Waals surface area contributed by atoms with Crippen molar-refractivity contribution in [2.75, 3.05) is 0 Å². The normalized spacial score (nSPS) is 12.6. The minimum absolute atomic E-state index is 0.0693. The fourth-order valence-corrected chi connectivity index (χ4v) is 3.69. The SMILES string of the molecule is CC[C@@H](C)NC(=O)[C@H](Cc1ccccc1)N(Cc1ccc(F)cc1)C(=O)Cc1ccccc1F. The quantitative estimate of drug-likeness (QED) is 0.456. The topological polar surface area (TPSA) is 49.4 Å². The molecule has 0 spiro atoms. The summed E-state index contributed by atoms with van der Waals surface area (Å²) < 4.78 is 27.8. The van der Waals surface area contributed by atoms with Gasteiger partial charge in [-0.05, 0) is 48.2 Å². The Hall–Kier alpha value is -3.54. The monoisotopic (exact) mass is 464 g/mol. The van der Waals surface area contributed by atoms with Gasteiger partial charge in [0.05, 0.1) is 6.42 Å². The van der Waals surface area contributed by atoms with Crippen molar-refractivity contribution in [2.45, 2.75) is 51.7 Å². The highest BCUT2D eigenvalue weighted by Crippen LogP contribution is 2.18. The molecule has 0 aliphatic rings. The Morgan fingerprint density at radius 1 is 0.882 bits per heavy atom. The highest BCUT2D eigenvalue weighted by Gasteiger charge is 2.31. The molecule has 0 saturated carbocycles. The summed E-state index contributed by atoms with van der Waals surface area (Å²) in [6, 6.07) is 20.5. The van der Waals surface area contributed by atoms with Crippen LogP contribution in [0.3, 0.4) is 0 Å². The van der Waals surface area contributed by atoms with E-state index in [0.29, 0.717) is 12.0 Å². The predicted molar refractivity (Wildman–Crippen MR) is 129 cm³/mol. The lowest BCUT2D eigenvalue weighted by atomic mass is 10.0.